The Kier molecular flexibility index (Phi) is 5.45. The molecule has 0 aliphatic carbocycles. The van der Waals surface area contributed by atoms with Crippen molar-refractivity contribution >= 4 is 11.9 Å². The molecule has 2 heterocycles. The molecule has 1 aromatic rings. The van der Waals surface area contributed by atoms with Gasteiger partial charge < -0.3 is 20.0 Å². The van der Waals surface area contributed by atoms with Gasteiger partial charge in [-0.2, -0.15) is 0 Å². The smallest absolute Gasteiger partial charge is 0.336 e. The third-order valence-electron chi connectivity index (χ3n) is 4.05. The first-order chi connectivity index (χ1) is 11.9. The van der Waals surface area contributed by atoms with Gasteiger partial charge in [-0.3, -0.25) is 4.63 Å². The number of aryl methyl sites for hydroxylation is 1. The molecular formula is C16H21N3O6. The van der Waals surface area contributed by atoms with E-state index < -0.39 is 17.9 Å². The van der Waals surface area contributed by atoms with E-state index in [1.54, 1.807) is 13.8 Å². The molecule has 0 spiro atoms. The summed E-state index contributed by atoms with van der Waals surface area (Å²) in [5, 5.41) is 19.0. The highest BCUT2D eigenvalue weighted by Gasteiger charge is 2.43. The highest BCUT2D eigenvalue weighted by Crippen LogP contribution is 2.39. The molecule has 2 rings (SSSR count). The largest absolute Gasteiger partial charge is 0.466 e. The summed E-state index contributed by atoms with van der Waals surface area (Å²) in [5.41, 5.74) is 1.70. The molecule has 0 amide bonds. The first-order valence-electron chi connectivity index (χ1n) is 7.80. The molecule has 0 saturated carbocycles. The fraction of sp³-hybridized carbons (Fsp3) is 0.500. The van der Waals surface area contributed by atoms with Crippen molar-refractivity contribution in [3.63, 3.8) is 0 Å². The predicted octanol–water partition coefficient (Wildman–Crippen LogP) is 0.841. The number of allylic oxidation sites excluding steroid dienone is 2. The highest BCUT2D eigenvalue weighted by molar-refractivity contribution is 5.99. The Bertz CT molecular complexity index is 724. The molecular weight excluding hydrogens is 330 g/mol. The minimum atomic E-state index is -0.994. The summed E-state index contributed by atoms with van der Waals surface area (Å²) in [4.78, 5) is 25.0. The zero-order chi connectivity index (χ0) is 18.7. The summed E-state index contributed by atoms with van der Waals surface area (Å²) in [6.45, 7) is 5.25. The van der Waals surface area contributed by atoms with E-state index in [-0.39, 0.29) is 21.7 Å². The average Bonchev–Trinajstić information content (AvgIpc) is 2.93. The van der Waals surface area contributed by atoms with Gasteiger partial charge in [-0.25, -0.2) is 9.59 Å². The van der Waals surface area contributed by atoms with Crippen LogP contribution in [0, 0.1) is 5.21 Å². The van der Waals surface area contributed by atoms with Crippen molar-refractivity contribution in [3.8, 4) is 0 Å². The van der Waals surface area contributed by atoms with Gasteiger partial charge in [0.2, 0.25) is 11.4 Å². The van der Waals surface area contributed by atoms with Crippen LogP contribution in [0.25, 0.3) is 0 Å². The van der Waals surface area contributed by atoms with Gasteiger partial charge in [-0.15, -0.1) is 0 Å². The number of ether oxygens (including phenoxy) is 2. The molecule has 0 bridgehead atoms. The highest BCUT2D eigenvalue weighted by atomic mass is 16.8. The van der Waals surface area contributed by atoms with E-state index in [1.807, 2.05) is 6.92 Å². The summed E-state index contributed by atoms with van der Waals surface area (Å²) in [7, 11) is 2.46. The van der Waals surface area contributed by atoms with Crippen LogP contribution in [0.3, 0.4) is 0 Å². The Morgan fingerprint density at radius 3 is 2.16 bits per heavy atom. The van der Waals surface area contributed by atoms with Crippen LogP contribution in [0.5, 0.6) is 0 Å². The number of hydrogen-bond acceptors (Lipinski definition) is 8. The SMILES string of the molecule is CCCc1no[n+]([O-])c1C1C(C(=O)OC)=C(C)NC(C)=C1C(=O)OC. The summed E-state index contributed by atoms with van der Waals surface area (Å²) in [6.07, 6.45) is 1.16. The molecule has 136 valence electrons. The van der Waals surface area contributed by atoms with Crippen LogP contribution in [0.4, 0.5) is 0 Å². The van der Waals surface area contributed by atoms with Crippen LogP contribution < -0.4 is 10.2 Å². The van der Waals surface area contributed by atoms with Gasteiger partial charge in [0.15, 0.2) is 0 Å². The number of carbonyl (C=O) groups excluding carboxylic acids is 2. The number of esters is 2. The maximum Gasteiger partial charge on any atom is 0.336 e. The Hall–Kier alpha value is -2.84. The zero-order valence-electron chi connectivity index (χ0n) is 14.8. The van der Waals surface area contributed by atoms with Crippen LogP contribution in [-0.4, -0.2) is 31.3 Å². The predicted molar refractivity (Wildman–Crippen MR) is 84.8 cm³/mol. The van der Waals surface area contributed by atoms with Gasteiger partial charge >= 0.3 is 11.9 Å². The van der Waals surface area contributed by atoms with Gasteiger partial charge in [-0.1, -0.05) is 6.92 Å². The topological polar surface area (TPSA) is 118 Å². The molecule has 0 aromatic carbocycles. The molecule has 9 heteroatoms. The fourth-order valence-corrected chi connectivity index (χ4v) is 2.99. The quantitative estimate of drug-likeness (QED) is 0.612. The van der Waals surface area contributed by atoms with Gasteiger partial charge in [0.1, 0.15) is 0 Å². The standard InChI is InChI=1S/C16H21N3O6/c1-6-7-10-14(19(22)25-18-10)13-11(15(20)23-4)8(2)17-9(3)12(13)16(21)24-5/h13,17H,6-7H2,1-5H3. The lowest BCUT2D eigenvalue weighted by molar-refractivity contribution is -0.808. The number of nitrogens with one attached hydrogen (secondary N) is 1. The Labute approximate surface area is 144 Å². The molecule has 1 aliphatic heterocycles. The van der Waals surface area contributed by atoms with Crippen LogP contribution in [0.1, 0.15) is 44.5 Å². The molecule has 0 saturated heterocycles. The fourth-order valence-electron chi connectivity index (χ4n) is 2.99. The maximum absolute atomic E-state index is 12.4. The number of methoxy groups -OCH3 is 2. The molecule has 9 nitrogen and oxygen atoms in total. The summed E-state index contributed by atoms with van der Waals surface area (Å²) in [6, 6.07) is 0. The van der Waals surface area contributed by atoms with Gasteiger partial charge in [0.05, 0.1) is 31.3 Å². The number of aromatic nitrogens is 2. The van der Waals surface area contributed by atoms with E-state index in [9.17, 15) is 14.8 Å². The minimum absolute atomic E-state index is 0.0860. The lowest BCUT2D eigenvalue weighted by atomic mass is 9.82. The molecule has 0 unspecified atom stereocenters. The van der Waals surface area contributed by atoms with Crippen molar-refractivity contribution in [3.05, 3.63) is 39.1 Å². The number of hydrogen-bond donors (Lipinski definition) is 1. The third-order valence-corrected chi connectivity index (χ3v) is 4.05. The monoisotopic (exact) mass is 351 g/mol. The second-order valence-electron chi connectivity index (χ2n) is 5.63. The van der Waals surface area contributed by atoms with E-state index >= 15 is 0 Å². The maximum atomic E-state index is 12.4. The molecule has 1 aliphatic rings. The minimum Gasteiger partial charge on any atom is -0.466 e. The summed E-state index contributed by atoms with van der Waals surface area (Å²) >= 11 is 0. The number of carbonyl (C=O) groups is 2. The van der Waals surface area contributed by atoms with Crippen LogP contribution in [0.15, 0.2) is 27.2 Å². The van der Waals surface area contributed by atoms with Crippen molar-refractivity contribution in [1.82, 2.24) is 10.5 Å². The van der Waals surface area contributed by atoms with E-state index in [4.69, 9.17) is 14.1 Å². The number of nitrogens with zero attached hydrogens (tertiary/aromatic N) is 2. The first-order valence-corrected chi connectivity index (χ1v) is 7.80. The second-order valence-corrected chi connectivity index (χ2v) is 5.63. The van der Waals surface area contributed by atoms with Crippen LogP contribution in [0.2, 0.25) is 0 Å². The molecule has 0 fully saturated rings. The summed E-state index contributed by atoms with van der Waals surface area (Å²) in [5.74, 6) is -2.31. The molecule has 1 aromatic heterocycles. The van der Waals surface area contributed by atoms with Crippen molar-refractivity contribution < 1.29 is 28.6 Å². The normalized spacial score (nSPS) is 15.2. The van der Waals surface area contributed by atoms with Crippen molar-refractivity contribution in [2.75, 3.05) is 14.2 Å². The second kappa shape index (κ2) is 7.37. The van der Waals surface area contributed by atoms with E-state index in [2.05, 4.69) is 10.5 Å². The van der Waals surface area contributed by atoms with E-state index in [1.165, 1.54) is 14.2 Å². The molecule has 25 heavy (non-hydrogen) atoms. The third kappa shape index (κ3) is 3.21. The van der Waals surface area contributed by atoms with E-state index in [0.717, 1.165) is 0 Å². The zero-order valence-corrected chi connectivity index (χ0v) is 14.8. The lowest BCUT2D eigenvalue weighted by Gasteiger charge is -2.28. The van der Waals surface area contributed by atoms with Gasteiger partial charge in [-0.05, 0) is 25.2 Å². The average molecular weight is 351 g/mol. The van der Waals surface area contributed by atoms with Crippen LogP contribution in [-0.2, 0) is 25.5 Å². The Morgan fingerprint density at radius 2 is 1.72 bits per heavy atom. The van der Waals surface area contributed by atoms with Crippen molar-refractivity contribution in [2.24, 2.45) is 0 Å². The molecule has 0 atom stereocenters. The molecule has 1 N–H and O–H groups in total. The van der Waals surface area contributed by atoms with Crippen molar-refractivity contribution in [1.29, 1.82) is 0 Å². The summed E-state index contributed by atoms with van der Waals surface area (Å²) < 4.78 is 14.4. The Balaban J connectivity index is 2.76. The van der Waals surface area contributed by atoms with Crippen LogP contribution >= 0.6 is 0 Å². The van der Waals surface area contributed by atoms with Gasteiger partial charge in [0, 0.05) is 23.0 Å². The number of dihydropyridines is 1. The lowest BCUT2D eigenvalue weighted by Crippen LogP contribution is -2.39. The van der Waals surface area contributed by atoms with E-state index in [0.29, 0.717) is 29.9 Å². The van der Waals surface area contributed by atoms with Crippen molar-refractivity contribution in [2.45, 2.75) is 39.5 Å². The number of rotatable bonds is 5. The van der Waals surface area contributed by atoms with Gasteiger partial charge in [0.25, 0.3) is 0 Å². The first kappa shape index (κ1) is 18.5. The Morgan fingerprint density at radius 1 is 1.20 bits per heavy atom. The molecule has 0 radical (unpaired) electrons.